The summed E-state index contributed by atoms with van der Waals surface area (Å²) in [5.41, 5.74) is 0. The number of quaternary nitrogens is 1. The van der Waals surface area contributed by atoms with Crippen molar-refractivity contribution in [1.29, 1.82) is 0 Å². The van der Waals surface area contributed by atoms with E-state index < -0.39 is 20.6 Å². The first-order valence-corrected chi connectivity index (χ1v) is 11.4. The van der Waals surface area contributed by atoms with E-state index in [1.165, 1.54) is 12.8 Å². The minimum absolute atomic E-state index is 0.165. The van der Waals surface area contributed by atoms with Crippen LogP contribution in [0.2, 0.25) is 0 Å². The molecule has 0 radical (unpaired) electrons. The molecular weight excluding hydrogens is 342 g/mol. The van der Waals surface area contributed by atoms with E-state index in [1.807, 2.05) is 14.1 Å². The van der Waals surface area contributed by atoms with Gasteiger partial charge in [0.25, 0.3) is 0 Å². The molecule has 0 saturated carbocycles. The fourth-order valence-corrected chi connectivity index (χ4v) is 5.65. The number of hydrogen-bond acceptors (Lipinski definition) is 3. The van der Waals surface area contributed by atoms with Gasteiger partial charge in [-0.3, -0.25) is 9.13 Å². The van der Waals surface area contributed by atoms with Crippen molar-refractivity contribution in [2.75, 3.05) is 40.3 Å². The minimum atomic E-state index is -4.80. The zero-order chi connectivity index (χ0) is 17.7. The molecule has 1 saturated heterocycles. The molecule has 1 fully saturated rings. The van der Waals surface area contributed by atoms with Crippen LogP contribution in [0.5, 0.6) is 0 Å². The van der Waals surface area contributed by atoms with Crippen LogP contribution >= 0.6 is 15.2 Å². The lowest BCUT2D eigenvalue weighted by molar-refractivity contribution is -0.891. The molecule has 0 aliphatic carbocycles. The monoisotopic (exact) mass is 373 g/mol. The zero-order valence-corrected chi connectivity index (χ0v) is 15.8. The molecule has 23 heavy (non-hydrogen) atoms. The molecule has 0 amide bonds. The van der Waals surface area contributed by atoms with Crippen LogP contribution in [0.4, 0.5) is 0 Å². The van der Waals surface area contributed by atoms with Crippen LogP contribution in [-0.4, -0.2) is 69.7 Å². The second-order valence-electron chi connectivity index (χ2n) is 7.19. The standard InChI is InChI=1S/C13H30N2O6P2/c1-15(2,10-7-12-5-3-8-14-11-12)9-4-6-13(22(16,17)18)23(19,20)21/h12-14H,3-11H2,1-2H3,(H3-,16,17,18,19,20,21)/p+1. The Morgan fingerprint density at radius 1 is 1.13 bits per heavy atom. The topological polar surface area (TPSA) is 127 Å². The van der Waals surface area contributed by atoms with Gasteiger partial charge in [-0.2, -0.15) is 0 Å². The molecule has 1 rings (SSSR count). The van der Waals surface area contributed by atoms with Gasteiger partial charge in [0, 0.05) is 6.42 Å². The maximum atomic E-state index is 11.3. The molecule has 1 aliphatic rings. The molecule has 1 aliphatic heterocycles. The highest BCUT2D eigenvalue weighted by molar-refractivity contribution is 7.70. The smallest absolute Gasteiger partial charge is 0.328 e. The minimum Gasteiger partial charge on any atom is -0.328 e. The summed E-state index contributed by atoms with van der Waals surface area (Å²) in [7, 11) is -5.51. The van der Waals surface area contributed by atoms with Gasteiger partial charge in [-0.1, -0.05) is 0 Å². The number of rotatable bonds is 9. The van der Waals surface area contributed by atoms with Crippen LogP contribution in [0.15, 0.2) is 0 Å². The lowest BCUT2D eigenvalue weighted by atomic mass is 9.96. The van der Waals surface area contributed by atoms with E-state index in [-0.39, 0.29) is 6.42 Å². The average Bonchev–Trinajstić information content (AvgIpc) is 2.40. The van der Waals surface area contributed by atoms with Crippen molar-refractivity contribution in [1.82, 2.24) is 5.32 Å². The third-order valence-corrected chi connectivity index (χ3v) is 8.42. The normalized spacial score (nSPS) is 20.9. The Morgan fingerprint density at radius 3 is 2.22 bits per heavy atom. The summed E-state index contributed by atoms with van der Waals surface area (Å²) in [6.45, 7) is 3.71. The van der Waals surface area contributed by atoms with Crippen molar-refractivity contribution in [3.05, 3.63) is 0 Å². The molecule has 0 aromatic heterocycles. The van der Waals surface area contributed by atoms with Crippen LogP contribution < -0.4 is 5.32 Å². The Bertz CT molecular complexity index is 433. The van der Waals surface area contributed by atoms with E-state index >= 15 is 0 Å². The van der Waals surface area contributed by atoms with Gasteiger partial charge >= 0.3 is 15.2 Å². The highest BCUT2D eigenvalue weighted by Crippen LogP contribution is 2.61. The Labute approximate surface area is 138 Å². The maximum absolute atomic E-state index is 11.3. The first kappa shape index (κ1) is 21.3. The highest BCUT2D eigenvalue weighted by atomic mass is 31.2. The molecule has 0 aromatic carbocycles. The summed E-state index contributed by atoms with van der Waals surface area (Å²) in [6.07, 6.45) is 3.72. The lowest BCUT2D eigenvalue weighted by Gasteiger charge is -2.33. The molecule has 0 spiro atoms. The van der Waals surface area contributed by atoms with Gasteiger partial charge in [-0.15, -0.1) is 0 Å². The second kappa shape index (κ2) is 8.54. The van der Waals surface area contributed by atoms with Crippen LogP contribution in [0.25, 0.3) is 0 Å². The van der Waals surface area contributed by atoms with Crippen LogP contribution in [0.3, 0.4) is 0 Å². The molecule has 1 unspecified atom stereocenters. The Balaban J connectivity index is 2.42. The Morgan fingerprint density at radius 2 is 1.74 bits per heavy atom. The zero-order valence-electron chi connectivity index (χ0n) is 14.0. The summed E-state index contributed by atoms with van der Waals surface area (Å²) >= 11 is 0. The molecule has 1 atom stereocenters. The number of nitrogens with zero attached hydrogens (tertiary/aromatic N) is 1. The molecule has 0 aromatic rings. The molecule has 0 bridgehead atoms. The SMILES string of the molecule is C[N+](C)(CCCC(P(=O)(O)O)P(=O)(O)O)CCC1CCCNC1. The first-order chi connectivity index (χ1) is 10.4. The van der Waals surface area contributed by atoms with Crippen LogP contribution in [-0.2, 0) is 9.13 Å². The fraction of sp³-hybridized carbons (Fsp3) is 1.00. The molecule has 1 heterocycles. The lowest BCUT2D eigenvalue weighted by Crippen LogP contribution is -2.43. The molecule has 138 valence electrons. The van der Waals surface area contributed by atoms with Gasteiger partial charge in [-0.25, -0.2) is 0 Å². The molecule has 5 N–H and O–H groups in total. The molecular formula is C13H31N2O6P2+. The van der Waals surface area contributed by atoms with Crippen molar-refractivity contribution in [3.63, 3.8) is 0 Å². The summed E-state index contributed by atoms with van der Waals surface area (Å²) in [5.74, 6) is 0.666. The Kier molecular flexibility index (Phi) is 7.90. The maximum Gasteiger partial charge on any atom is 0.340 e. The van der Waals surface area contributed by atoms with E-state index in [4.69, 9.17) is 19.6 Å². The van der Waals surface area contributed by atoms with Gasteiger partial charge in [0.1, 0.15) is 0 Å². The van der Waals surface area contributed by atoms with Gasteiger partial charge in [0.2, 0.25) is 0 Å². The van der Waals surface area contributed by atoms with Crippen molar-refractivity contribution in [2.45, 2.75) is 37.5 Å². The summed E-state index contributed by atoms with van der Waals surface area (Å²) in [4.78, 5) is 36.5. The number of hydrogen-bond donors (Lipinski definition) is 5. The van der Waals surface area contributed by atoms with E-state index in [0.717, 1.165) is 26.1 Å². The fourth-order valence-electron chi connectivity index (χ4n) is 3.05. The van der Waals surface area contributed by atoms with Crippen LogP contribution in [0, 0.1) is 5.92 Å². The van der Waals surface area contributed by atoms with Gasteiger partial charge < -0.3 is 29.4 Å². The summed E-state index contributed by atoms with van der Waals surface area (Å²) < 4.78 is 23.2. The van der Waals surface area contributed by atoms with E-state index in [2.05, 4.69) is 5.32 Å². The third kappa shape index (κ3) is 8.23. The van der Waals surface area contributed by atoms with Gasteiger partial charge in [0.15, 0.2) is 5.40 Å². The van der Waals surface area contributed by atoms with E-state index in [1.54, 1.807) is 0 Å². The van der Waals surface area contributed by atoms with Crippen molar-refractivity contribution >= 4 is 15.2 Å². The van der Waals surface area contributed by atoms with Crippen molar-refractivity contribution in [2.24, 2.45) is 5.92 Å². The van der Waals surface area contributed by atoms with Crippen molar-refractivity contribution in [3.8, 4) is 0 Å². The van der Waals surface area contributed by atoms with Crippen LogP contribution in [0.1, 0.15) is 32.1 Å². The average molecular weight is 373 g/mol. The summed E-state index contributed by atoms with van der Waals surface area (Å²) in [5, 5.41) is 1.50. The van der Waals surface area contributed by atoms with Gasteiger partial charge in [-0.05, 0) is 44.7 Å². The third-order valence-electron chi connectivity index (χ3n) is 4.54. The van der Waals surface area contributed by atoms with E-state index in [9.17, 15) is 9.13 Å². The second-order valence-corrected chi connectivity index (χ2v) is 11.2. The highest BCUT2D eigenvalue weighted by Gasteiger charge is 2.42. The predicted molar refractivity (Wildman–Crippen MR) is 89.2 cm³/mol. The largest absolute Gasteiger partial charge is 0.340 e. The molecule has 10 heteroatoms. The van der Waals surface area contributed by atoms with Crippen molar-refractivity contribution < 1.29 is 33.2 Å². The molecule has 8 nitrogen and oxygen atoms in total. The quantitative estimate of drug-likeness (QED) is 0.300. The number of piperidine rings is 1. The first-order valence-electron chi connectivity index (χ1n) is 8.05. The predicted octanol–water partition coefficient (Wildman–Crippen LogP) is 0.914. The Hall–Kier alpha value is 0.220. The van der Waals surface area contributed by atoms with E-state index in [0.29, 0.717) is 23.4 Å². The van der Waals surface area contributed by atoms with Gasteiger partial charge in [0.05, 0.1) is 27.2 Å². The number of nitrogens with one attached hydrogen (secondary N) is 1. The summed E-state index contributed by atoms with van der Waals surface area (Å²) in [6, 6.07) is 0.